The first-order chi connectivity index (χ1) is 10.7. The maximum absolute atomic E-state index is 13.1. The number of H-pyrrole nitrogens is 1. The van der Waals surface area contributed by atoms with Crippen LogP contribution in [0.5, 0.6) is 0 Å². The molecule has 0 aliphatic rings. The molecule has 0 fully saturated rings. The standard InChI is InChI=1S/C18H12ClFN2/c19-14-10-18(12-1-3-15(20)4-2-12)22(11-14)16-5-6-17-13(9-16)7-8-21-17/h1-11,21H. The number of fused-ring (bicyclic) bond motifs is 1. The summed E-state index contributed by atoms with van der Waals surface area (Å²) < 4.78 is 15.1. The van der Waals surface area contributed by atoms with Crippen molar-refractivity contribution in [2.45, 2.75) is 0 Å². The Morgan fingerprint density at radius 3 is 2.59 bits per heavy atom. The quantitative estimate of drug-likeness (QED) is 0.510. The van der Waals surface area contributed by atoms with Gasteiger partial charge in [0.05, 0.1) is 10.7 Å². The molecule has 0 saturated heterocycles. The smallest absolute Gasteiger partial charge is 0.123 e. The van der Waals surface area contributed by atoms with Crippen LogP contribution in [0.15, 0.2) is 67.0 Å². The van der Waals surface area contributed by atoms with Crippen LogP contribution in [0.3, 0.4) is 0 Å². The molecule has 4 rings (SSSR count). The maximum atomic E-state index is 13.1. The Hall–Kier alpha value is -2.52. The van der Waals surface area contributed by atoms with E-state index < -0.39 is 0 Å². The van der Waals surface area contributed by atoms with Gasteiger partial charge in [0.2, 0.25) is 0 Å². The first kappa shape index (κ1) is 13.2. The van der Waals surface area contributed by atoms with Gasteiger partial charge in [-0.05, 0) is 60.2 Å². The number of hydrogen-bond donors (Lipinski definition) is 1. The molecule has 0 bridgehead atoms. The zero-order valence-corrected chi connectivity index (χ0v) is 12.3. The van der Waals surface area contributed by atoms with Crippen molar-refractivity contribution < 1.29 is 4.39 Å². The van der Waals surface area contributed by atoms with E-state index in [9.17, 15) is 4.39 Å². The van der Waals surface area contributed by atoms with Crippen LogP contribution in [0, 0.1) is 5.82 Å². The molecule has 0 atom stereocenters. The van der Waals surface area contributed by atoms with Crippen molar-refractivity contribution in [2.24, 2.45) is 0 Å². The van der Waals surface area contributed by atoms with Crippen LogP contribution < -0.4 is 0 Å². The van der Waals surface area contributed by atoms with Crippen molar-refractivity contribution in [3.63, 3.8) is 0 Å². The maximum Gasteiger partial charge on any atom is 0.123 e. The monoisotopic (exact) mass is 310 g/mol. The molecule has 0 spiro atoms. The molecule has 0 unspecified atom stereocenters. The van der Waals surface area contributed by atoms with E-state index in [0.717, 1.165) is 27.8 Å². The summed E-state index contributed by atoms with van der Waals surface area (Å²) in [5, 5.41) is 1.78. The number of rotatable bonds is 2. The molecule has 2 nitrogen and oxygen atoms in total. The van der Waals surface area contributed by atoms with E-state index in [2.05, 4.69) is 11.1 Å². The Morgan fingerprint density at radius 1 is 0.955 bits per heavy atom. The summed E-state index contributed by atoms with van der Waals surface area (Å²) >= 11 is 6.19. The van der Waals surface area contributed by atoms with Crippen molar-refractivity contribution in [1.82, 2.24) is 9.55 Å². The van der Waals surface area contributed by atoms with Crippen LogP contribution in [-0.2, 0) is 0 Å². The Balaban J connectivity index is 1.89. The molecule has 0 aliphatic carbocycles. The topological polar surface area (TPSA) is 20.7 Å². The van der Waals surface area contributed by atoms with Crippen molar-refractivity contribution in [3.05, 3.63) is 77.8 Å². The summed E-state index contributed by atoms with van der Waals surface area (Å²) in [5.74, 6) is -0.248. The van der Waals surface area contributed by atoms with Gasteiger partial charge < -0.3 is 9.55 Å². The molecule has 4 aromatic rings. The number of hydrogen-bond acceptors (Lipinski definition) is 0. The highest BCUT2D eigenvalue weighted by atomic mass is 35.5. The summed E-state index contributed by atoms with van der Waals surface area (Å²) in [4.78, 5) is 3.18. The van der Waals surface area contributed by atoms with E-state index in [1.807, 2.05) is 41.2 Å². The van der Waals surface area contributed by atoms with Gasteiger partial charge >= 0.3 is 0 Å². The van der Waals surface area contributed by atoms with Gasteiger partial charge in [0.15, 0.2) is 0 Å². The van der Waals surface area contributed by atoms with Gasteiger partial charge in [-0.2, -0.15) is 0 Å². The Labute approximate surface area is 131 Å². The predicted molar refractivity (Wildman–Crippen MR) is 88.0 cm³/mol. The number of halogens is 2. The second-order valence-electron chi connectivity index (χ2n) is 5.17. The van der Waals surface area contributed by atoms with E-state index in [1.54, 1.807) is 12.1 Å². The van der Waals surface area contributed by atoms with E-state index in [1.165, 1.54) is 12.1 Å². The van der Waals surface area contributed by atoms with Crippen molar-refractivity contribution >= 4 is 22.5 Å². The minimum atomic E-state index is -0.248. The number of nitrogens with zero attached hydrogens (tertiary/aromatic N) is 1. The van der Waals surface area contributed by atoms with Crippen molar-refractivity contribution in [1.29, 1.82) is 0 Å². The predicted octanol–water partition coefficient (Wildman–Crippen LogP) is 5.42. The van der Waals surface area contributed by atoms with Crippen LogP contribution >= 0.6 is 11.6 Å². The highest BCUT2D eigenvalue weighted by Gasteiger charge is 2.10. The molecule has 2 aromatic carbocycles. The zero-order chi connectivity index (χ0) is 15.1. The Morgan fingerprint density at radius 2 is 1.77 bits per heavy atom. The lowest BCUT2D eigenvalue weighted by Gasteiger charge is -2.09. The summed E-state index contributed by atoms with van der Waals surface area (Å²) in [6.45, 7) is 0. The molecule has 0 radical (unpaired) electrons. The van der Waals surface area contributed by atoms with Crippen molar-refractivity contribution in [2.75, 3.05) is 0 Å². The van der Waals surface area contributed by atoms with Gasteiger partial charge in [0, 0.05) is 29.0 Å². The molecular formula is C18H12ClFN2. The SMILES string of the molecule is Fc1ccc(-c2cc(Cl)cn2-c2ccc3[nH]ccc3c2)cc1. The lowest BCUT2D eigenvalue weighted by atomic mass is 10.1. The molecule has 22 heavy (non-hydrogen) atoms. The van der Waals surface area contributed by atoms with Crippen molar-refractivity contribution in [3.8, 4) is 16.9 Å². The third kappa shape index (κ3) is 2.20. The number of nitrogens with one attached hydrogen (secondary N) is 1. The third-order valence-corrected chi connectivity index (χ3v) is 3.95. The van der Waals surface area contributed by atoms with Gasteiger partial charge in [0.1, 0.15) is 5.82 Å². The van der Waals surface area contributed by atoms with Crippen LogP contribution in [0.1, 0.15) is 0 Å². The first-order valence-electron chi connectivity index (χ1n) is 6.92. The van der Waals surface area contributed by atoms with Gasteiger partial charge in [-0.25, -0.2) is 4.39 Å². The molecule has 0 aliphatic heterocycles. The molecule has 4 heteroatoms. The Bertz CT molecular complexity index is 951. The van der Waals surface area contributed by atoms with E-state index in [4.69, 9.17) is 11.6 Å². The minimum absolute atomic E-state index is 0.248. The summed E-state index contributed by atoms with van der Waals surface area (Å²) in [6, 6.07) is 16.5. The second-order valence-corrected chi connectivity index (χ2v) is 5.61. The van der Waals surface area contributed by atoms with Crippen LogP contribution in [-0.4, -0.2) is 9.55 Å². The molecule has 2 heterocycles. The molecular weight excluding hydrogens is 299 g/mol. The fourth-order valence-electron chi connectivity index (χ4n) is 2.68. The second kappa shape index (κ2) is 5.04. The van der Waals surface area contributed by atoms with Gasteiger partial charge in [-0.15, -0.1) is 0 Å². The molecule has 0 amide bonds. The fraction of sp³-hybridized carbons (Fsp3) is 0. The lowest BCUT2D eigenvalue weighted by molar-refractivity contribution is 0.628. The van der Waals surface area contributed by atoms with Crippen LogP contribution in [0.4, 0.5) is 4.39 Å². The number of aromatic nitrogens is 2. The first-order valence-corrected chi connectivity index (χ1v) is 7.30. The number of benzene rings is 2. The fourth-order valence-corrected chi connectivity index (χ4v) is 2.88. The molecule has 1 N–H and O–H groups in total. The highest BCUT2D eigenvalue weighted by Crippen LogP contribution is 2.29. The van der Waals surface area contributed by atoms with Crippen LogP contribution in [0.2, 0.25) is 5.02 Å². The number of aromatic amines is 1. The van der Waals surface area contributed by atoms with E-state index in [0.29, 0.717) is 5.02 Å². The molecule has 108 valence electrons. The van der Waals surface area contributed by atoms with Crippen LogP contribution in [0.25, 0.3) is 27.8 Å². The van der Waals surface area contributed by atoms with E-state index in [-0.39, 0.29) is 5.82 Å². The summed E-state index contributed by atoms with van der Waals surface area (Å²) in [7, 11) is 0. The summed E-state index contributed by atoms with van der Waals surface area (Å²) in [5.41, 5.74) is 3.95. The average molecular weight is 311 g/mol. The van der Waals surface area contributed by atoms with Gasteiger partial charge in [0.25, 0.3) is 0 Å². The normalized spacial score (nSPS) is 11.2. The van der Waals surface area contributed by atoms with E-state index >= 15 is 0 Å². The third-order valence-electron chi connectivity index (χ3n) is 3.74. The molecule has 0 saturated carbocycles. The van der Waals surface area contributed by atoms with Gasteiger partial charge in [-0.1, -0.05) is 11.6 Å². The molecule has 2 aromatic heterocycles. The highest BCUT2D eigenvalue weighted by molar-refractivity contribution is 6.31. The summed E-state index contributed by atoms with van der Waals surface area (Å²) in [6.07, 6.45) is 3.78. The Kier molecular flexibility index (Phi) is 3.01. The largest absolute Gasteiger partial charge is 0.361 e. The van der Waals surface area contributed by atoms with Gasteiger partial charge in [-0.3, -0.25) is 0 Å². The zero-order valence-electron chi connectivity index (χ0n) is 11.6. The average Bonchev–Trinajstić information content (AvgIpc) is 3.13. The lowest BCUT2D eigenvalue weighted by Crippen LogP contribution is -1.95. The minimum Gasteiger partial charge on any atom is -0.361 e.